The van der Waals surface area contributed by atoms with Crippen LogP contribution in [0.3, 0.4) is 0 Å². The fourth-order valence-electron chi connectivity index (χ4n) is 2.12. The molecular weight excluding hydrogens is 268 g/mol. The van der Waals surface area contributed by atoms with Crippen molar-refractivity contribution >= 4 is 17.0 Å². The number of anilines is 1. The summed E-state index contributed by atoms with van der Waals surface area (Å²) in [5.41, 5.74) is 1.81. The SMILES string of the molecule is CCCNc1cccc(Cn2c(=O)oc3cccnc32)n1. The predicted octanol–water partition coefficient (Wildman–Crippen LogP) is 2.25. The lowest BCUT2D eigenvalue weighted by Gasteiger charge is -2.06. The molecule has 0 unspecified atom stereocenters. The van der Waals surface area contributed by atoms with Crippen LogP contribution in [0.15, 0.2) is 45.7 Å². The maximum atomic E-state index is 11.9. The van der Waals surface area contributed by atoms with Crippen molar-refractivity contribution in [2.75, 3.05) is 11.9 Å². The van der Waals surface area contributed by atoms with Gasteiger partial charge >= 0.3 is 5.76 Å². The molecule has 0 aliphatic heterocycles. The zero-order valence-corrected chi connectivity index (χ0v) is 11.7. The van der Waals surface area contributed by atoms with Gasteiger partial charge in [0.25, 0.3) is 0 Å². The summed E-state index contributed by atoms with van der Waals surface area (Å²) in [6, 6.07) is 9.18. The Bertz CT molecular complexity index is 807. The lowest BCUT2D eigenvalue weighted by Crippen LogP contribution is -2.16. The van der Waals surface area contributed by atoms with Gasteiger partial charge in [-0.05, 0) is 30.7 Å². The van der Waals surface area contributed by atoms with Crippen molar-refractivity contribution in [2.24, 2.45) is 0 Å². The highest BCUT2D eigenvalue weighted by atomic mass is 16.4. The third kappa shape index (κ3) is 2.79. The average Bonchev–Trinajstić information content (AvgIpc) is 2.82. The van der Waals surface area contributed by atoms with Gasteiger partial charge in [0, 0.05) is 12.7 Å². The highest BCUT2D eigenvalue weighted by molar-refractivity contribution is 5.67. The van der Waals surface area contributed by atoms with Gasteiger partial charge < -0.3 is 9.73 Å². The van der Waals surface area contributed by atoms with Crippen molar-refractivity contribution in [2.45, 2.75) is 19.9 Å². The van der Waals surface area contributed by atoms with Gasteiger partial charge in [0.2, 0.25) is 0 Å². The van der Waals surface area contributed by atoms with E-state index in [2.05, 4.69) is 22.2 Å². The van der Waals surface area contributed by atoms with Gasteiger partial charge in [-0.25, -0.2) is 14.8 Å². The summed E-state index contributed by atoms with van der Waals surface area (Å²) < 4.78 is 6.66. The molecule has 0 aromatic carbocycles. The number of hydrogen-bond donors (Lipinski definition) is 1. The molecule has 1 N–H and O–H groups in total. The Labute approximate surface area is 121 Å². The number of hydrogen-bond acceptors (Lipinski definition) is 5. The van der Waals surface area contributed by atoms with Gasteiger partial charge in [-0.3, -0.25) is 4.57 Å². The highest BCUT2D eigenvalue weighted by Crippen LogP contribution is 2.11. The topological polar surface area (TPSA) is 73.0 Å². The molecule has 6 nitrogen and oxygen atoms in total. The van der Waals surface area contributed by atoms with E-state index in [9.17, 15) is 4.79 Å². The van der Waals surface area contributed by atoms with E-state index >= 15 is 0 Å². The maximum absolute atomic E-state index is 11.9. The molecule has 0 fully saturated rings. The van der Waals surface area contributed by atoms with Crippen molar-refractivity contribution in [1.29, 1.82) is 0 Å². The van der Waals surface area contributed by atoms with E-state index in [-0.39, 0.29) is 0 Å². The Balaban J connectivity index is 1.92. The van der Waals surface area contributed by atoms with Crippen molar-refractivity contribution in [1.82, 2.24) is 14.5 Å². The van der Waals surface area contributed by atoms with Crippen LogP contribution in [0, 0.1) is 0 Å². The largest absolute Gasteiger partial charge is 0.421 e. The maximum Gasteiger partial charge on any atom is 0.421 e. The van der Waals surface area contributed by atoms with Crippen LogP contribution in [0.2, 0.25) is 0 Å². The van der Waals surface area contributed by atoms with Crippen LogP contribution in [0.25, 0.3) is 11.2 Å². The third-order valence-electron chi connectivity index (χ3n) is 3.11. The van der Waals surface area contributed by atoms with E-state index in [0.717, 1.165) is 24.5 Å². The van der Waals surface area contributed by atoms with Crippen molar-refractivity contribution < 1.29 is 4.42 Å². The molecule has 0 spiro atoms. The summed E-state index contributed by atoms with van der Waals surface area (Å²) >= 11 is 0. The third-order valence-corrected chi connectivity index (χ3v) is 3.11. The number of pyridine rings is 2. The number of fused-ring (bicyclic) bond motifs is 1. The molecule has 6 heteroatoms. The van der Waals surface area contributed by atoms with E-state index in [1.165, 1.54) is 4.57 Å². The molecular formula is C15H16N4O2. The molecule has 3 rings (SSSR count). The zero-order valence-electron chi connectivity index (χ0n) is 11.7. The van der Waals surface area contributed by atoms with Crippen LogP contribution in [0.4, 0.5) is 5.82 Å². The van der Waals surface area contributed by atoms with E-state index in [1.54, 1.807) is 18.3 Å². The monoisotopic (exact) mass is 284 g/mol. The summed E-state index contributed by atoms with van der Waals surface area (Å²) in [6.07, 6.45) is 2.67. The first-order valence-corrected chi connectivity index (χ1v) is 6.92. The Morgan fingerprint density at radius 3 is 3.05 bits per heavy atom. The van der Waals surface area contributed by atoms with Crippen LogP contribution in [0.1, 0.15) is 19.0 Å². The molecule has 0 saturated carbocycles. The van der Waals surface area contributed by atoms with Gasteiger partial charge in [0.1, 0.15) is 5.82 Å². The molecule has 0 amide bonds. The van der Waals surface area contributed by atoms with Crippen molar-refractivity contribution in [3.8, 4) is 0 Å². The van der Waals surface area contributed by atoms with Crippen LogP contribution < -0.4 is 11.1 Å². The van der Waals surface area contributed by atoms with Crippen molar-refractivity contribution in [3.05, 3.63) is 52.8 Å². The molecule has 3 aromatic heterocycles. The molecule has 0 aliphatic carbocycles. The fraction of sp³-hybridized carbons (Fsp3) is 0.267. The molecule has 3 aromatic rings. The number of rotatable bonds is 5. The first-order chi connectivity index (χ1) is 10.3. The first kappa shape index (κ1) is 13.4. The lowest BCUT2D eigenvalue weighted by atomic mass is 10.3. The van der Waals surface area contributed by atoms with Gasteiger partial charge in [-0.1, -0.05) is 13.0 Å². The highest BCUT2D eigenvalue weighted by Gasteiger charge is 2.10. The van der Waals surface area contributed by atoms with Gasteiger partial charge in [0.15, 0.2) is 11.2 Å². The Hall–Kier alpha value is -2.63. The van der Waals surface area contributed by atoms with Gasteiger partial charge in [-0.15, -0.1) is 0 Å². The summed E-state index contributed by atoms with van der Waals surface area (Å²) in [6.45, 7) is 3.30. The van der Waals surface area contributed by atoms with E-state index in [1.807, 2.05) is 18.2 Å². The Morgan fingerprint density at radius 1 is 1.29 bits per heavy atom. The zero-order chi connectivity index (χ0) is 14.7. The molecule has 21 heavy (non-hydrogen) atoms. The lowest BCUT2D eigenvalue weighted by molar-refractivity contribution is 0.516. The quantitative estimate of drug-likeness (QED) is 0.778. The summed E-state index contributed by atoms with van der Waals surface area (Å²) in [5.74, 6) is 0.389. The second-order valence-corrected chi connectivity index (χ2v) is 4.72. The standard InChI is InChI=1S/C15H16N4O2/c1-2-8-16-13-7-3-5-11(18-13)10-19-14-12(21-15(19)20)6-4-9-17-14/h3-7,9H,2,8,10H2,1H3,(H,16,18). The number of oxazole rings is 1. The van der Waals surface area contributed by atoms with Crippen molar-refractivity contribution in [3.63, 3.8) is 0 Å². The molecule has 0 bridgehead atoms. The molecule has 0 aliphatic rings. The fourth-order valence-corrected chi connectivity index (χ4v) is 2.12. The average molecular weight is 284 g/mol. The minimum Gasteiger partial charge on any atom is -0.406 e. The minimum atomic E-state index is -0.419. The molecule has 0 atom stereocenters. The Kier molecular flexibility index (Phi) is 3.68. The summed E-state index contributed by atoms with van der Waals surface area (Å²) in [5, 5.41) is 3.23. The van der Waals surface area contributed by atoms with Crippen LogP contribution >= 0.6 is 0 Å². The number of aromatic nitrogens is 3. The summed E-state index contributed by atoms with van der Waals surface area (Å²) in [4.78, 5) is 20.6. The first-order valence-electron chi connectivity index (χ1n) is 6.92. The van der Waals surface area contributed by atoms with Crippen LogP contribution in [0.5, 0.6) is 0 Å². The minimum absolute atomic E-state index is 0.338. The number of nitrogens with one attached hydrogen (secondary N) is 1. The van der Waals surface area contributed by atoms with E-state index in [0.29, 0.717) is 17.8 Å². The Morgan fingerprint density at radius 2 is 2.19 bits per heavy atom. The molecule has 0 saturated heterocycles. The van der Waals surface area contributed by atoms with E-state index in [4.69, 9.17) is 4.42 Å². The summed E-state index contributed by atoms with van der Waals surface area (Å²) in [7, 11) is 0. The number of nitrogens with zero attached hydrogens (tertiary/aromatic N) is 3. The molecule has 108 valence electrons. The smallest absolute Gasteiger partial charge is 0.406 e. The molecule has 3 heterocycles. The van der Waals surface area contributed by atoms with Crippen LogP contribution in [-0.4, -0.2) is 21.1 Å². The van der Waals surface area contributed by atoms with Gasteiger partial charge in [-0.2, -0.15) is 0 Å². The second kappa shape index (κ2) is 5.78. The second-order valence-electron chi connectivity index (χ2n) is 4.72. The predicted molar refractivity (Wildman–Crippen MR) is 80.4 cm³/mol. The van der Waals surface area contributed by atoms with Gasteiger partial charge in [0.05, 0.1) is 12.2 Å². The molecule has 0 radical (unpaired) electrons. The van der Waals surface area contributed by atoms with Crippen LogP contribution in [-0.2, 0) is 6.54 Å². The van der Waals surface area contributed by atoms with E-state index < -0.39 is 5.76 Å². The normalized spacial score (nSPS) is 10.9.